The van der Waals surface area contributed by atoms with E-state index in [1.807, 2.05) is 0 Å². The van der Waals surface area contributed by atoms with Crippen LogP contribution in [-0.2, 0) is 14.6 Å². The first-order valence-corrected chi connectivity index (χ1v) is 7.21. The molecule has 2 amide bonds. The average Bonchev–Trinajstić information content (AvgIpc) is 2.23. The number of hydrogen-bond donors (Lipinski definition) is 3. The SMILES string of the molecule is CC1CS(=O)(=O)CCN1C(=O)NCC(O)C(=O)O. The van der Waals surface area contributed by atoms with Crippen molar-refractivity contribution in [3.63, 3.8) is 0 Å². The summed E-state index contributed by atoms with van der Waals surface area (Å²) in [5.74, 6) is -1.64. The number of nitrogens with zero attached hydrogens (tertiary/aromatic N) is 1. The molecular weight excluding hydrogens is 264 g/mol. The Labute approximate surface area is 104 Å². The number of sulfone groups is 1. The standard InChI is InChI=1S/C9H16N2O6S/c1-6-5-18(16,17)3-2-11(6)9(15)10-4-7(12)8(13)14/h6-7,12H,2-5H2,1H3,(H,10,15)(H,13,14). The maximum Gasteiger partial charge on any atom is 0.334 e. The van der Waals surface area contributed by atoms with Gasteiger partial charge in [0, 0.05) is 12.6 Å². The Balaban J connectivity index is 2.50. The number of carbonyl (C=O) groups excluding carboxylic acids is 1. The summed E-state index contributed by atoms with van der Waals surface area (Å²) in [6.45, 7) is 1.26. The Hall–Kier alpha value is -1.35. The normalized spacial score (nSPS) is 24.3. The van der Waals surface area contributed by atoms with Crippen molar-refractivity contribution >= 4 is 21.8 Å². The van der Waals surface area contributed by atoms with Gasteiger partial charge in [-0.15, -0.1) is 0 Å². The summed E-state index contributed by atoms with van der Waals surface area (Å²) in [5.41, 5.74) is 0. The molecule has 2 unspecified atom stereocenters. The van der Waals surface area contributed by atoms with E-state index in [-0.39, 0.29) is 18.1 Å². The summed E-state index contributed by atoms with van der Waals surface area (Å²) in [4.78, 5) is 23.3. The molecule has 2 atom stereocenters. The van der Waals surface area contributed by atoms with Gasteiger partial charge in [0.05, 0.1) is 18.1 Å². The number of rotatable bonds is 3. The number of hydrogen-bond acceptors (Lipinski definition) is 5. The van der Waals surface area contributed by atoms with Gasteiger partial charge in [-0.05, 0) is 6.92 Å². The Morgan fingerprint density at radius 2 is 2.11 bits per heavy atom. The highest BCUT2D eigenvalue weighted by atomic mass is 32.2. The first kappa shape index (κ1) is 14.7. The first-order chi connectivity index (χ1) is 8.23. The van der Waals surface area contributed by atoms with Crippen LogP contribution in [0.2, 0.25) is 0 Å². The highest BCUT2D eigenvalue weighted by Gasteiger charge is 2.31. The number of carboxylic acids is 1. The van der Waals surface area contributed by atoms with Crippen molar-refractivity contribution in [2.45, 2.75) is 19.1 Å². The molecule has 0 radical (unpaired) electrons. The van der Waals surface area contributed by atoms with Gasteiger partial charge in [0.25, 0.3) is 0 Å². The topological polar surface area (TPSA) is 124 Å². The second kappa shape index (κ2) is 5.53. The van der Waals surface area contributed by atoms with E-state index in [0.717, 1.165) is 0 Å². The molecule has 1 rings (SSSR count). The number of carbonyl (C=O) groups is 2. The summed E-state index contributed by atoms with van der Waals surface area (Å²) in [5, 5.41) is 19.7. The summed E-state index contributed by atoms with van der Waals surface area (Å²) in [6.07, 6.45) is -1.67. The Bertz CT molecular complexity index is 434. The molecule has 18 heavy (non-hydrogen) atoms. The minimum absolute atomic E-state index is 0.0680. The van der Waals surface area contributed by atoms with E-state index >= 15 is 0 Å². The van der Waals surface area contributed by atoms with Crippen LogP contribution >= 0.6 is 0 Å². The molecule has 8 nitrogen and oxygen atoms in total. The molecule has 0 aromatic carbocycles. The van der Waals surface area contributed by atoms with Gasteiger partial charge in [0.15, 0.2) is 15.9 Å². The van der Waals surface area contributed by atoms with Gasteiger partial charge in [0.1, 0.15) is 0 Å². The maximum atomic E-state index is 11.7. The van der Waals surface area contributed by atoms with Crippen LogP contribution in [0.5, 0.6) is 0 Å². The molecule has 0 bridgehead atoms. The van der Waals surface area contributed by atoms with E-state index in [4.69, 9.17) is 10.2 Å². The van der Waals surface area contributed by atoms with Gasteiger partial charge >= 0.3 is 12.0 Å². The molecule has 1 heterocycles. The van der Waals surface area contributed by atoms with Gasteiger partial charge in [0.2, 0.25) is 0 Å². The van der Waals surface area contributed by atoms with Crippen LogP contribution in [0.15, 0.2) is 0 Å². The number of amides is 2. The van der Waals surface area contributed by atoms with Crippen molar-refractivity contribution in [1.29, 1.82) is 0 Å². The molecule has 1 fully saturated rings. The summed E-state index contributed by atoms with van der Waals surface area (Å²) >= 11 is 0. The molecule has 3 N–H and O–H groups in total. The van der Waals surface area contributed by atoms with Gasteiger partial charge in [-0.3, -0.25) is 0 Å². The lowest BCUT2D eigenvalue weighted by atomic mass is 10.3. The predicted molar refractivity (Wildman–Crippen MR) is 61.9 cm³/mol. The van der Waals surface area contributed by atoms with Crippen molar-refractivity contribution in [2.75, 3.05) is 24.6 Å². The van der Waals surface area contributed by atoms with Crippen LogP contribution in [-0.4, -0.2) is 72.3 Å². The number of urea groups is 1. The number of aliphatic carboxylic acids is 1. The van der Waals surface area contributed by atoms with Crippen molar-refractivity contribution in [1.82, 2.24) is 10.2 Å². The van der Waals surface area contributed by atoms with Crippen molar-refractivity contribution in [3.8, 4) is 0 Å². The third-order valence-corrected chi connectivity index (χ3v) is 4.46. The molecule has 0 saturated carbocycles. The molecule has 0 aromatic heterocycles. The minimum atomic E-state index is -3.11. The Morgan fingerprint density at radius 1 is 1.50 bits per heavy atom. The number of aliphatic hydroxyl groups excluding tert-OH is 1. The van der Waals surface area contributed by atoms with Crippen LogP contribution in [0.25, 0.3) is 0 Å². The highest BCUT2D eigenvalue weighted by Crippen LogP contribution is 2.11. The van der Waals surface area contributed by atoms with Crippen LogP contribution in [0, 0.1) is 0 Å². The molecule has 9 heteroatoms. The fourth-order valence-corrected chi connectivity index (χ4v) is 3.23. The summed E-state index contributed by atoms with van der Waals surface area (Å²) in [7, 11) is -3.11. The quantitative estimate of drug-likeness (QED) is 0.564. The second-order valence-electron chi connectivity index (χ2n) is 4.20. The summed E-state index contributed by atoms with van der Waals surface area (Å²) in [6, 6.07) is -1.04. The third kappa shape index (κ3) is 3.84. The van der Waals surface area contributed by atoms with E-state index in [1.54, 1.807) is 6.92 Å². The molecule has 104 valence electrons. The molecule has 0 spiro atoms. The predicted octanol–water partition coefficient (Wildman–Crippen LogP) is -1.74. The number of aliphatic hydroxyl groups is 1. The zero-order valence-corrected chi connectivity index (χ0v) is 10.7. The van der Waals surface area contributed by atoms with E-state index in [1.165, 1.54) is 4.90 Å². The van der Waals surface area contributed by atoms with Crippen molar-refractivity contribution < 1.29 is 28.2 Å². The minimum Gasteiger partial charge on any atom is -0.479 e. The zero-order chi connectivity index (χ0) is 13.9. The maximum absolute atomic E-state index is 11.7. The van der Waals surface area contributed by atoms with Crippen molar-refractivity contribution in [2.24, 2.45) is 0 Å². The molecule has 1 aliphatic heterocycles. The smallest absolute Gasteiger partial charge is 0.334 e. The lowest BCUT2D eigenvalue weighted by molar-refractivity contribution is -0.146. The van der Waals surface area contributed by atoms with Crippen LogP contribution in [0.4, 0.5) is 4.79 Å². The molecule has 1 aliphatic rings. The fraction of sp³-hybridized carbons (Fsp3) is 0.778. The van der Waals surface area contributed by atoms with Crippen molar-refractivity contribution in [3.05, 3.63) is 0 Å². The Kier molecular flexibility index (Phi) is 4.52. The molecular formula is C9H16N2O6S. The molecule has 0 aliphatic carbocycles. The lowest BCUT2D eigenvalue weighted by Gasteiger charge is -2.33. The molecule has 0 aromatic rings. The third-order valence-electron chi connectivity index (χ3n) is 2.66. The van der Waals surface area contributed by atoms with Gasteiger partial charge < -0.3 is 20.4 Å². The van der Waals surface area contributed by atoms with Crippen LogP contribution < -0.4 is 5.32 Å². The van der Waals surface area contributed by atoms with Crippen LogP contribution in [0.1, 0.15) is 6.92 Å². The van der Waals surface area contributed by atoms with Gasteiger partial charge in [-0.2, -0.15) is 0 Å². The first-order valence-electron chi connectivity index (χ1n) is 5.38. The average molecular weight is 280 g/mol. The number of nitrogens with one attached hydrogen (secondary N) is 1. The monoisotopic (exact) mass is 280 g/mol. The Morgan fingerprint density at radius 3 is 2.61 bits per heavy atom. The zero-order valence-electron chi connectivity index (χ0n) is 9.87. The number of carboxylic acid groups (broad SMARTS) is 1. The second-order valence-corrected chi connectivity index (χ2v) is 6.43. The lowest BCUT2D eigenvalue weighted by Crippen LogP contribution is -2.54. The van der Waals surface area contributed by atoms with Gasteiger partial charge in [-0.1, -0.05) is 0 Å². The van der Waals surface area contributed by atoms with E-state index < -0.39 is 40.5 Å². The van der Waals surface area contributed by atoms with Crippen LogP contribution in [0.3, 0.4) is 0 Å². The van der Waals surface area contributed by atoms with E-state index in [2.05, 4.69) is 5.32 Å². The largest absolute Gasteiger partial charge is 0.479 e. The fourth-order valence-electron chi connectivity index (χ4n) is 1.67. The van der Waals surface area contributed by atoms with Gasteiger partial charge in [-0.25, -0.2) is 18.0 Å². The van der Waals surface area contributed by atoms with E-state index in [9.17, 15) is 18.0 Å². The van der Waals surface area contributed by atoms with E-state index in [0.29, 0.717) is 0 Å². The molecule has 1 saturated heterocycles. The highest BCUT2D eigenvalue weighted by molar-refractivity contribution is 7.91. The summed E-state index contributed by atoms with van der Waals surface area (Å²) < 4.78 is 22.6.